The standard InChI is InChI=1S/C14H21ClN2O2/c1-9(2)12(8-18)16-7-13(19)17-14-10(3)5-4-6-11(14)15/h4-6,9,12,16,18H,7-8H2,1-3H3,(H,17,19)/t12-/m1/s1. The fraction of sp³-hybridized carbons (Fsp3) is 0.500. The van der Waals surface area contributed by atoms with Crippen LogP contribution >= 0.6 is 11.6 Å². The molecule has 1 amide bonds. The summed E-state index contributed by atoms with van der Waals surface area (Å²) in [6.07, 6.45) is 0. The lowest BCUT2D eigenvalue weighted by molar-refractivity contribution is -0.115. The number of anilines is 1. The highest BCUT2D eigenvalue weighted by Crippen LogP contribution is 2.24. The molecule has 3 N–H and O–H groups in total. The van der Waals surface area contributed by atoms with E-state index in [4.69, 9.17) is 11.6 Å². The highest BCUT2D eigenvalue weighted by atomic mass is 35.5. The van der Waals surface area contributed by atoms with Crippen LogP contribution in [0.25, 0.3) is 0 Å². The number of aryl methyl sites for hydroxylation is 1. The molecule has 1 rings (SSSR count). The predicted octanol–water partition coefficient (Wildman–Crippen LogP) is 2.19. The van der Waals surface area contributed by atoms with E-state index in [1.165, 1.54) is 0 Å². The number of hydrogen-bond acceptors (Lipinski definition) is 3. The van der Waals surface area contributed by atoms with Gasteiger partial charge in [-0.3, -0.25) is 4.79 Å². The number of para-hydroxylation sites is 1. The van der Waals surface area contributed by atoms with E-state index in [1.807, 2.05) is 32.9 Å². The molecule has 1 aromatic carbocycles. The Balaban J connectivity index is 2.56. The van der Waals surface area contributed by atoms with Gasteiger partial charge in [0.1, 0.15) is 0 Å². The third-order valence-electron chi connectivity index (χ3n) is 3.01. The van der Waals surface area contributed by atoms with Gasteiger partial charge in [0.25, 0.3) is 0 Å². The molecular weight excluding hydrogens is 264 g/mol. The van der Waals surface area contributed by atoms with Gasteiger partial charge in [-0.1, -0.05) is 37.6 Å². The van der Waals surface area contributed by atoms with Gasteiger partial charge in [0.2, 0.25) is 5.91 Å². The Kier molecular flexibility index (Phi) is 6.28. The first-order chi connectivity index (χ1) is 8.95. The van der Waals surface area contributed by atoms with Crippen molar-refractivity contribution >= 4 is 23.2 Å². The smallest absolute Gasteiger partial charge is 0.238 e. The van der Waals surface area contributed by atoms with E-state index in [0.29, 0.717) is 10.7 Å². The third-order valence-corrected chi connectivity index (χ3v) is 3.33. The number of aliphatic hydroxyl groups excluding tert-OH is 1. The van der Waals surface area contributed by atoms with Gasteiger partial charge in [-0.15, -0.1) is 0 Å². The van der Waals surface area contributed by atoms with Crippen LogP contribution in [0.3, 0.4) is 0 Å². The molecule has 1 aromatic rings. The van der Waals surface area contributed by atoms with Gasteiger partial charge in [-0.2, -0.15) is 0 Å². The molecule has 0 aromatic heterocycles. The lowest BCUT2D eigenvalue weighted by Gasteiger charge is -2.19. The van der Waals surface area contributed by atoms with Gasteiger partial charge in [0.15, 0.2) is 0 Å². The molecule has 0 fully saturated rings. The number of nitrogens with one attached hydrogen (secondary N) is 2. The third kappa shape index (κ3) is 4.82. The number of aliphatic hydroxyl groups is 1. The van der Waals surface area contributed by atoms with Crippen molar-refractivity contribution < 1.29 is 9.90 Å². The van der Waals surface area contributed by atoms with Gasteiger partial charge < -0.3 is 15.7 Å². The first kappa shape index (κ1) is 16.0. The van der Waals surface area contributed by atoms with E-state index in [9.17, 15) is 9.90 Å². The summed E-state index contributed by atoms with van der Waals surface area (Å²) < 4.78 is 0. The molecule has 106 valence electrons. The van der Waals surface area contributed by atoms with Crippen LogP contribution < -0.4 is 10.6 Å². The summed E-state index contributed by atoms with van der Waals surface area (Å²) in [6, 6.07) is 5.38. The Morgan fingerprint density at radius 1 is 1.42 bits per heavy atom. The Morgan fingerprint density at radius 3 is 2.63 bits per heavy atom. The van der Waals surface area contributed by atoms with Gasteiger partial charge in [-0.05, 0) is 24.5 Å². The van der Waals surface area contributed by atoms with E-state index in [-0.39, 0.29) is 31.0 Å². The van der Waals surface area contributed by atoms with E-state index >= 15 is 0 Å². The first-order valence-corrected chi connectivity index (χ1v) is 6.72. The second-order valence-electron chi connectivity index (χ2n) is 4.89. The lowest BCUT2D eigenvalue weighted by Crippen LogP contribution is -2.41. The van der Waals surface area contributed by atoms with Gasteiger partial charge in [-0.25, -0.2) is 0 Å². The minimum Gasteiger partial charge on any atom is -0.395 e. The quantitative estimate of drug-likeness (QED) is 0.750. The van der Waals surface area contributed by atoms with Crippen molar-refractivity contribution in [3.8, 4) is 0 Å². The summed E-state index contributed by atoms with van der Waals surface area (Å²) >= 11 is 6.04. The predicted molar refractivity (Wildman–Crippen MR) is 78.5 cm³/mol. The van der Waals surface area contributed by atoms with Crippen LogP contribution in [0.5, 0.6) is 0 Å². The fourth-order valence-electron chi connectivity index (χ4n) is 1.71. The van der Waals surface area contributed by atoms with E-state index in [1.54, 1.807) is 6.07 Å². The molecule has 0 spiro atoms. The van der Waals surface area contributed by atoms with E-state index in [2.05, 4.69) is 10.6 Å². The second-order valence-corrected chi connectivity index (χ2v) is 5.30. The molecule has 0 aliphatic rings. The monoisotopic (exact) mass is 284 g/mol. The molecule has 4 nitrogen and oxygen atoms in total. The lowest BCUT2D eigenvalue weighted by atomic mass is 10.1. The molecule has 0 radical (unpaired) electrons. The SMILES string of the molecule is Cc1cccc(Cl)c1NC(=O)CN[C@H](CO)C(C)C. The average Bonchev–Trinajstić information content (AvgIpc) is 2.34. The number of amides is 1. The molecule has 0 aliphatic carbocycles. The van der Waals surface area contributed by atoms with Gasteiger partial charge in [0, 0.05) is 6.04 Å². The maximum absolute atomic E-state index is 11.8. The van der Waals surface area contributed by atoms with Gasteiger partial charge in [0.05, 0.1) is 23.9 Å². The zero-order chi connectivity index (χ0) is 14.4. The van der Waals surface area contributed by atoms with Crippen molar-refractivity contribution in [1.82, 2.24) is 5.32 Å². The van der Waals surface area contributed by atoms with Crippen LogP contribution in [0.2, 0.25) is 5.02 Å². The minimum atomic E-state index is -0.171. The Bertz CT molecular complexity index is 415. The number of halogens is 1. The Hall–Kier alpha value is -1.10. The Labute approximate surface area is 119 Å². The van der Waals surface area contributed by atoms with Crippen molar-refractivity contribution in [2.75, 3.05) is 18.5 Å². The van der Waals surface area contributed by atoms with E-state index < -0.39 is 0 Å². The average molecular weight is 285 g/mol. The van der Waals surface area contributed by atoms with Crippen LogP contribution in [0.4, 0.5) is 5.69 Å². The van der Waals surface area contributed by atoms with Crippen LogP contribution in [0.1, 0.15) is 19.4 Å². The first-order valence-electron chi connectivity index (χ1n) is 6.35. The number of benzene rings is 1. The molecule has 0 saturated carbocycles. The molecule has 5 heteroatoms. The molecule has 1 atom stereocenters. The maximum Gasteiger partial charge on any atom is 0.238 e. The molecular formula is C14H21ClN2O2. The van der Waals surface area contributed by atoms with Crippen molar-refractivity contribution in [2.45, 2.75) is 26.8 Å². The van der Waals surface area contributed by atoms with Gasteiger partial charge >= 0.3 is 0 Å². The number of hydrogen-bond donors (Lipinski definition) is 3. The highest BCUT2D eigenvalue weighted by molar-refractivity contribution is 6.33. The van der Waals surface area contributed by atoms with Crippen molar-refractivity contribution in [2.24, 2.45) is 5.92 Å². The topological polar surface area (TPSA) is 61.4 Å². The summed E-state index contributed by atoms with van der Waals surface area (Å²) in [5.74, 6) is 0.0927. The van der Waals surface area contributed by atoms with Crippen LogP contribution in [0, 0.1) is 12.8 Å². The summed E-state index contributed by atoms with van der Waals surface area (Å²) in [5.41, 5.74) is 1.56. The summed E-state index contributed by atoms with van der Waals surface area (Å²) in [7, 11) is 0. The zero-order valence-corrected chi connectivity index (χ0v) is 12.3. The number of rotatable bonds is 6. The summed E-state index contributed by atoms with van der Waals surface area (Å²) in [4.78, 5) is 11.8. The maximum atomic E-state index is 11.8. The molecule has 0 bridgehead atoms. The molecule has 0 heterocycles. The number of carbonyl (C=O) groups is 1. The fourth-order valence-corrected chi connectivity index (χ4v) is 1.98. The number of carbonyl (C=O) groups excluding carboxylic acids is 1. The van der Waals surface area contributed by atoms with Crippen molar-refractivity contribution in [1.29, 1.82) is 0 Å². The molecule has 19 heavy (non-hydrogen) atoms. The molecule has 0 unspecified atom stereocenters. The van der Waals surface area contributed by atoms with Crippen LogP contribution in [0.15, 0.2) is 18.2 Å². The van der Waals surface area contributed by atoms with Crippen molar-refractivity contribution in [3.63, 3.8) is 0 Å². The molecule has 0 aliphatic heterocycles. The highest BCUT2D eigenvalue weighted by Gasteiger charge is 2.14. The normalized spacial score (nSPS) is 12.5. The summed E-state index contributed by atoms with van der Waals surface area (Å²) in [5, 5.41) is 15.5. The van der Waals surface area contributed by atoms with Crippen LogP contribution in [-0.2, 0) is 4.79 Å². The van der Waals surface area contributed by atoms with Crippen LogP contribution in [-0.4, -0.2) is 30.2 Å². The zero-order valence-electron chi connectivity index (χ0n) is 11.5. The largest absolute Gasteiger partial charge is 0.395 e. The second kappa shape index (κ2) is 7.48. The minimum absolute atomic E-state index is 0.00999. The Morgan fingerprint density at radius 2 is 2.11 bits per heavy atom. The van der Waals surface area contributed by atoms with Crippen molar-refractivity contribution in [3.05, 3.63) is 28.8 Å². The van der Waals surface area contributed by atoms with E-state index in [0.717, 1.165) is 5.56 Å². The molecule has 0 saturated heterocycles. The summed E-state index contributed by atoms with van der Waals surface area (Å²) in [6.45, 7) is 6.03.